The molecular formula is C27H44O2. The molecule has 4 fully saturated rings. The van der Waals surface area contributed by atoms with Gasteiger partial charge in [0.25, 0.3) is 0 Å². The molecule has 0 unspecified atom stereocenters. The lowest BCUT2D eigenvalue weighted by molar-refractivity contribution is -0.0596. The van der Waals surface area contributed by atoms with E-state index in [4.69, 9.17) is 4.74 Å². The van der Waals surface area contributed by atoms with Crippen LogP contribution < -0.4 is 0 Å². The molecule has 0 aromatic rings. The molecule has 5 rings (SSSR count). The molecular weight excluding hydrogens is 356 g/mol. The van der Waals surface area contributed by atoms with Crippen molar-refractivity contribution in [3.05, 3.63) is 11.6 Å². The van der Waals surface area contributed by atoms with Gasteiger partial charge < -0.3 is 9.84 Å². The Morgan fingerprint density at radius 1 is 1.03 bits per heavy atom. The highest BCUT2D eigenvalue weighted by molar-refractivity contribution is 5.25. The molecule has 0 aliphatic heterocycles. The number of ether oxygens (including phenoxy) is 1. The maximum absolute atomic E-state index is 10.2. The maximum Gasteiger partial charge on any atom is 0.0707 e. The van der Waals surface area contributed by atoms with E-state index in [0.29, 0.717) is 16.7 Å². The zero-order valence-corrected chi connectivity index (χ0v) is 19.4. The lowest BCUT2D eigenvalue weighted by Gasteiger charge is -2.58. The van der Waals surface area contributed by atoms with E-state index < -0.39 is 0 Å². The Bertz CT molecular complexity index is 661. The third-order valence-electron chi connectivity index (χ3n) is 10.9. The molecule has 29 heavy (non-hydrogen) atoms. The number of fused-ring (bicyclic) bond motifs is 5. The zero-order chi connectivity index (χ0) is 20.4. The normalized spacial score (nSPS) is 47.9. The average Bonchev–Trinajstić information content (AvgIpc) is 3.40. The van der Waals surface area contributed by atoms with Gasteiger partial charge in [-0.15, -0.1) is 0 Å². The summed E-state index contributed by atoms with van der Waals surface area (Å²) in [4.78, 5) is 0. The van der Waals surface area contributed by atoms with E-state index in [1.165, 1.54) is 57.8 Å². The summed E-state index contributed by atoms with van der Waals surface area (Å²) in [5.74, 6) is 4.19. The van der Waals surface area contributed by atoms with Crippen LogP contribution in [0.3, 0.4) is 0 Å². The van der Waals surface area contributed by atoms with E-state index >= 15 is 0 Å². The highest BCUT2D eigenvalue weighted by atomic mass is 16.5. The summed E-state index contributed by atoms with van der Waals surface area (Å²) in [6, 6.07) is 0. The second-order valence-electron chi connectivity index (χ2n) is 12.3. The summed E-state index contributed by atoms with van der Waals surface area (Å²) in [6.07, 6.45) is 16.5. The Balaban J connectivity index is 1.27. The molecule has 2 heteroatoms. The lowest BCUT2D eigenvalue weighted by atomic mass is 9.47. The van der Waals surface area contributed by atoms with Gasteiger partial charge in [0.05, 0.1) is 11.7 Å². The van der Waals surface area contributed by atoms with Gasteiger partial charge in [0, 0.05) is 6.61 Å². The summed E-state index contributed by atoms with van der Waals surface area (Å²) in [5, 5.41) is 10.2. The Kier molecular flexibility index (Phi) is 5.03. The summed E-state index contributed by atoms with van der Waals surface area (Å²) in [6.45, 7) is 10.8. The Morgan fingerprint density at radius 2 is 1.83 bits per heavy atom. The molecule has 0 amide bonds. The molecule has 2 nitrogen and oxygen atoms in total. The Hall–Kier alpha value is -0.340. The summed E-state index contributed by atoms with van der Waals surface area (Å²) < 4.78 is 6.46. The smallest absolute Gasteiger partial charge is 0.0707 e. The number of aliphatic hydroxyl groups is 1. The SMILES string of the molecule is CC(C)C1(OCC[C@H]2CC[C@H]3[C@@H]4CC=C5C[C@@H](O)CC[C@]5(C)[C@H]4CC[C@]23C)CC1. The van der Waals surface area contributed by atoms with Crippen molar-refractivity contribution in [2.45, 2.75) is 110 Å². The summed E-state index contributed by atoms with van der Waals surface area (Å²) >= 11 is 0. The van der Waals surface area contributed by atoms with Gasteiger partial charge in [-0.25, -0.2) is 0 Å². The van der Waals surface area contributed by atoms with Crippen LogP contribution in [0.5, 0.6) is 0 Å². The van der Waals surface area contributed by atoms with Crippen molar-refractivity contribution >= 4 is 0 Å². The van der Waals surface area contributed by atoms with Gasteiger partial charge in [-0.1, -0.05) is 39.3 Å². The number of aliphatic hydroxyl groups excluding tert-OH is 1. The highest BCUT2D eigenvalue weighted by Crippen LogP contribution is 2.66. The zero-order valence-electron chi connectivity index (χ0n) is 19.4. The third-order valence-corrected chi connectivity index (χ3v) is 10.9. The fourth-order valence-corrected chi connectivity index (χ4v) is 8.64. The van der Waals surface area contributed by atoms with Crippen molar-refractivity contribution < 1.29 is 9.84 Å². The second kappa shape index (κ2) is 7.09. The minimum absolute atomic E-state index is 0.0869. The molecule has 4 saturated carbocycles. The molecule has 7 atom stereocenters. The van der Waals surface area contributed by atoms with Gasteiger partial charge in [-0.05, 0) is 111 Å². The topological polar surface area (TPSA) is 29.5 Å². The fourth-order valence-electron chi connectivity index (χ4n) is 8.64. The van der Waals surface area contributed by atoms with Crippen LogP contribution in [0.4, 0.5) is 0 Å². The molecule has 0 aromatic heterocycles. The molecule has 164 valence electrons. The maximum atomic E-state index is 10.2. The van der Waals surface area contributed by atoms with E-state index in [1.54, 1.807) is 5.57 Å². The molecule has 0 radical (unpaired) electrons. The summed E-state index contributed by atoms with van der Waals surface area (Å²) in [7, 11) is 0. The van der Waals surface area contributed by atoms with Gasteiger partial charge in [-0.2, -0.15) is 0 Å². The molecule has 0 heterocycles. The first-order valence-electron chi connectivity index (χ1n) is 12.8. The fraction of sp³-hybridized carbons (Fsp3) is 0.926. The van der Waals surface area contributed by atoms with E-state index in [2.05, 4.69) is 33.8 Å². The van der Waals surface area contributed by atoms with Crippen LogP contribution in [-0.2, 0) is 4.74 Å². The minimum Gasteiger partial charge on any atom is -0.393 e. The van der Waals surface area contributed by atoms with Crippen LogP contribution in [0.2, 0.25) is 0 Å². The van der Waals surface area contributed by atoms with Gasteiger partial charge in [0.2, 0.25) is 0 Å². The van der Waals surface area contributed by atoms with Gasteiger partial charge in [0.15, 0.2) is 0 Å². The minimum atomic E-state index is -0.0869. The standard InChI is InChI=1S/C27H44O2/c1-18(2)27(14-15-27)29-16-11-19-6-8-23-22-7-5-20-17-21(28)9-12-26(20,4)24(22)10-13-25(19,23)3/h5,18-19,21-24,28H,6-17H2,1-4H3/t19-,21+,22+,23+,24+,25-,26+/m1/s1. The van der Waals surface area contributed by atoms with Crippen molar-refractivity contribution in [3.63, 3.8) is 0 Å². The first-order chi connectivity index (χ1) is 13.8. The van der Waals surface area contributed by atoms with E-state index in [0.717, 1.165) is 43.1 Å². The van der Waals surface area contributed by atoms with Crippen LogP contribution in [0.15, 0.2) is 11.6 Å². The van der Waals surface area contributed by atoms with Crippen molar-refractivity contribution in [3.8, 4) is 0 Å². The molecule has 0 spiro atoms. The second-order valence-corrected chi connectivity index (χ2v) is 12.3. The van der Waals surface area contributed by atoms with E-state index in [-0.39, 0.29) is 11.7 Å². The molecule has 5 aliphatic carbocycles. The van der Waals surface area contributed by atoms with Crippen LogP contribution >= 0.6 is 0 Å². The van der Waals surface area contributed by atoms with Gasteiger partial charge >= 0.3 is 0 Å². The van der Waals surface area contributed by atoms with Crippen LogP contribution in [-0.4, -0.2) is 23.4 Å². The molecule has 0 bridgehead atoms. The molecule has 5 aliphatic rings. The predicted molar refractivity (Wildman–Crippen MR) is 119 cm³/mol. The van der Waals surface area contributed by atoms with Gasteiger partial charge in [0.1, 0.15) is 0 Å². The third kappa shape index (κ3) is 3.18. The van der Waals surface area contributed by atoms with Crippen LogP contribution in [0.1, 0.15) is 98.3 Å². The van der Waals surface area contributed by atoms with E-state index in [9.17, 15) is 5.11 Å². The monoisotopic (exact) mass is 400 g/mol. The Morgan fingerprint density at radius 3 is 2.55 bits per heavy atom. The lowest BCUT2D eigenvalue weighted by Crippen LogP contribution is -2.50. The first-order valence-corrected chi connectivity index (χ1v) is 12.8. The highest BCUT2D eigenvalue weighted by Gasteiger charge is 2.58. The quantitative estimate of drug-likeness (QED) is 0.532. The van der Waals surface area contributed by atoms with Crippen LogP contribution in [0.25, 0.3) is 0 Å². The Labute approximate surface area is 178 Å². The number of rotatable bonds is 5. The molecule has 0 saturated heterocycles. The largest absolute Gasteiger partial charge is 0.393 e. The average molecular weight is 401 g/mol. The van der Waals surface area contributed by atoms with Crippen LogP contribution in [0, 0.1) is 40.4 Å². The first kappa shape index (κ1) is 20.6. The number of hydrogen-bond acceptors (Lipinski definition) is 2. The van der Waals surface area contributed by atoms with Crippen molar-refractivity contribution in [2.75, 3.05) is 6.61 Å². The molecule has 0 aromatic carbocycles. The molecule has 1 N–H and O–H groups in total. The van der Waals surface area contributed by atoms with Crippen molar-refractivity contribution in [1.82, 2.24) is 0 Å². The predicted octanol–water partition coefficient (Wildman–Crippen LogP) is 6.52. The van der Waals surface area contributed by atoms with Crippen molar-refractivity contribution in [1.29, 1.82) is 0 Å². The number of hydrogen-bond donors (Lipinski definition) is 1. The van der Waals surface area contributed by atoms with Gasteiger partial charge in [-0.3, -0.25) is 0 Å². The summed E-state index contributed by atoms with van der Waals surface area (Å²) in [5.41, 5.74) is 2.75. The van der Waals surface area contributed by atoms with Crippen molar-refractivity contribution in [2.24, 2.45) is 40.4 Å². The number of allylic oxidation sites excluding steroid dienone is 1. The van der Waals surface area contributed by atoms with E-state index in [1.807, 2.05) is 0 Å².